The van der Waals surface area contributed by atoms with E-state index < -0.39 is 6.10 Å². The van der Waals surface area contributed by atoms with Crippen LogP contribution in [0.2, 0.25) is 0 Å². The van der Waals surface area contributed by atoms with Crippen molar-refractivity contribution >= 4 is 32.4 Å². The molecule has 9 rings (SSSR count). The fourth-order valence-corrected chi connectivity index (χ4v) is 8.31. The van der Waals surface area contributed by atoms with E-state index in [2.05, 4.69) is 73.3 Å². The van der Waals surface area contributed by atoms with Crippen LogP contribution < -0.4 is 4.74 Å². The van der Waals surface area contributed by atoms with Crippen molar-refractivity contribution in [3.8, 4) is 17.0 Å². The van der Waals surface area contributed by atoms with Crippen LogP contribution in [-0.4, -0.2) is 40.8 Å². The first-order valence-electron chi connectivity index (χ1n) is 14.2. The molecule has 4 aromatic carbocycles. The molecule has 0 amide bonds. The van der Waals surface area contributed by atoms with Gasteiger partial charge in [0.2, 0.25) is 0 Å². The molecule has 4 heteroatoms. The summed E-state index contributed by atoms with van der Waals surface area (Å²) >= 11 is 0. The smallest absolute Gasteiger partial charge is 0.131 e. The second kappa shape index (κ2) is 8.38. The summed E-state index contributed by atoms with van der Waals surface area (Å²) in [6, 6.07) is 26.0. The quantitative estimate of drug-likeness (QED) is 0.155. The van der Waals surface area contributed by atoms with E-state index in [4.69, 9.17) is 9.72 Å². The van der Waals surface area contributed by atoms with Gasteiger partial charge in [0, 0.05) is 35.3 Å². The molecule has 0 aliphatic carbocycles. The molecule has 3 saturated heterocycles. The normalized spacial score (nSPS) is 27.4. The molecule has 4 aliphatic heterocycles. The summed E-state index contributed by atoms with van der Waals surface area (Å²) in [5, 5.41) is 18.4. The lowest BCUT2D eigenvalue weighted by atomic mass is 9.71. The molecule has 1 spiro atoms. The van der Waals surface area contributed by atoms with E-state index in [1.165, 1.54) is 39.1 Å². The standard InChI is InChI=1S/C35H33N2O2/c1-3-21-19-37-15-14-22(21)16-33(37)35(38)29-18-32(36-31-13-12-23(39-2)17-28(29)31)34-27-11-7-6-9-25(27)24-8-4-5-10-26(24)30(34)20-37/h3-13,17-18,21-22,33,35,38H,1,14-16,19-20H2,2H3/q+1. The third kappa shape index (κ3) is 3.22. The van der Waals surface area contributed by atoms with Crippen LogP contribution in [0.25, 0.3) is 43.7 Å². The fourth-order valence-electron chi connectivity index (χ4n) is 8.31. The number of fused-ring (bicyclic) bond motifs is 13. The van der Waals surface area contributed by atoms with Crippen LogP contribution in [0.1, 0.15) is 30.1 Å². The van der Waals surface area contributed by atoms with Crippen LogP contribution in [0, 0.1) is 11.8 Å². The van der Waals surface area contributed by atoms with Crippen LogP contribution in [0.3, 0.4) is 0 Å². The molecule has 194 valence electrons. The van der Waals surface area contributed by atoms with Crippen molar-refractivity contribution in [3.63, 3.8) is 0 Å². The summed E-state index contributed by atoms with van der Waals surface area (Å²) in [5.74, 6) is 1.85. The minimum absolute atomic E-state index is 0.126. The van der Waals surface area contributed by atoms with E-state index in [1.54, 1.807) is 7.11 Å². The maximum Gasteiger partial charge on any atom is 0.131 e. The molecular weight excluding hydrogens is 480 g/mol. The lowest BCUT2D eigenvalue weighted by Gasteiger charge is -2.58. The van der Waals surface area contributed by atoms with Gasteiger partial charge in [-0.1, -0.05) is 54.6 Å². The van der Waals surface area contributed by atoms with Crippen molar-refractivity contribution in [2.75, 3.05) is 20.2 Å². The predicted molar refractivity (Wildman–Crippen MR) is 158 cm³/mol. The Kier molecular flexibility index (Phi) is 4.98. The van der Waals surface area contributed by atoms with Crippen LogP contribution in [-0.2, 0) is 6.54 Å². The zero-order chi connectivity index (χ0) is 26.3. The number of nitrogens with zero attached hydrogens (tertiary/aromatic N) is 2. The molecule has 0 radical (unpaired) electrons. The Morgan fingerprint density at radius 1 is 0.949 bits per heavy atom. The minimum atomic E-state index is -0.582. The van der Waals surface area contributed by atoms with Gasteiger partial charge in [0.15, 0.2) is 0 Å². The van der Waals surface area contributed by atoms with E-state index in [-0.39, 0.29) is 6.04 Å². The van der Waals surface area contributed by atoms with E-state index in [0.29, 0.717) is 11.8 Å². The number of hydrogen-bond donors (Lipinski definition) is 1. The van der Waals surface area contributed by atoms with Crippen molar-refractivity contribution in [3.05, 3.63) is 96.6 Å². The second-order valence-electron chi connectivity index (χ2n) is 11.9. The highest BCUT2D eigenvalue weighted by atomic mass is 16.5. The molecule has 4 nitrogen and oxygen atoms in total. The van der Waals surface area contributed by atoms with E-state index >= 15 is 0 Å². The summed E-state index contributed by atoms with van der Waals surface area (Å²) in [6.45, 7) is 7.24. The van der Waals surface area contributed by atoms with Gasteiger partial charge in [0.05, 0.1) is 31.4 Å². The molecule has 4 aliphatic rings. The molecule has 39 heavy (non-hydrogen) atoms. The maximum atomic E-state index is 12.3. The number of hydrogen-bond acceptors (Lipinski definition) is 3. The third-order valence-corrected chi connectivity index (χ3v) is 10.2. The summed E-state index contributed by atoms with van der Waals surface area (Å²) < 4.78 is 6.50. The Morgan fingerprint density at radius 2 is 1.69 bits per heavy atom. The van der Waals surface area contributed by atoms with Crippen molar-refractivity contribution < 1.29 is 14.3 Å². The number of pyridine rings is 1. The molecule has 1 N–H and O–H groups in total. The van der Waals surface area contributed by atoms with Gasteiger partial charge in [-0.3, -0.25) is 0 Å². The Hall–Kier alpha value is -3.73. The zero-order valence-corrected chi connectivity index (χ0v) is 22.3. The first-order valence-corrected chi connectivity index (χ1v) is 14.2. The van der Waals surface area contributed by atoms with E-state index in [9.17, 15) is 5.11 Å². The molecule has 5 unspecified atom stereocenters. The van der Waals surface area contributed by atoms with E-state index in [1.807, 2.05) is 12.1 Å². The Labute approximate surface area is 228 Å². The Bertz CT molecular complexity index is 1810. The molecule has 4 bridgehead atoms. The molecule has 1 aromatic heterocycles. The SMILES string of the molecule is C=CC1C[N+]23CCC1CC2C(O)c1cc(nc2ccc(OC)cc12)-c1c(c2ccccc2c2ccccc12)C3. The average molecular weight is 514 g/mol. The number of ether oxygens (including phenoxy) is 1. The van der Waals surface area contributed by atoms with Crippen molar-refractivity contribution in [2.45, 2.75) is 31.5 Å². The Balaban J connectivity index is 1.53. The number of aliphatic hydroxyl groups is 1. The molecule has 5 atom stereocenters. The van der Waals surface area contributed by atoms with Gasteiger partial charge in [0.1, 0.15) is 24.4 Å². The van der Waals surface area contributed by atoms with Gasteiger partial charge in [-0.2, -0.15) is 0 Å². The van der Waals surface area contributed by atoms with Crippen LogP contribution in [0.4, 0.5) is 0 Å². The van der Waals surface area contributed by atoms with Crippen LogP contribution in [0.5, 0.6) is 5.75 Å². The average Bonchev–Trinajstić information content (AvgIpc) is 3.02. The van der Waals surface area contributed by atoms with Crippen molar-refractivity contribution in [1.82, 2.24) is 4.98 Å². The lowest BCUT2D eigenvalue weighted by Crippen LogP contribution is -2.67. The highest BCUT2D eigenvalue weighted by Gasteiger charge is 2.54. The summed E-state index contributed by atoms with van der Waals surface area (Å²) in [4.78, 5) is 5.27. The second-order valence-corrected chi connectivity index (χ2v) is 11.9. The van der Waals surface area contributed by atoms with Crippen molar-refractivity contribution in [1.29, 1.82) is 0 Å². The zero-order valence-electron chi connectivity index (χ0n) is 22.3. The van der Waals surface area contributed by atoms with Gasteiger partial charge in [-0.05, 0) is 57.3 Å². The maximum absolute atomic E-state index is 12.3. The number of methoxy groups -OCH3 is 1. The first-order chi connectivity index (χ1) is 19.1. The molecule has 0 saturated carbocycles. The van der Waals surface area contributed by atoms with Gasteiger partial charge in [-0.15, -0.1) is 6.58 Å². The number of benzene rings is 4. The summed E-state index contributed by atoms with van der Waals surface area (Å²) in [6.07, 6.45) is 3.80. The van der Waals surface area contributed by atoms with Crippen LogP contribution >= 0.6 is 0 Å². The van der Waals surface area contributed by atoms with Gasteiger partial charge in [0.25, 0.3) is 0 Å². The number of aliphatic hydroxyl groups excluding tert-OH is 1. The predicted octanol–water partition coefficient (Wildman–Crippen LogP) is 7.18. The molecular formula is C35H33N2O2+. The van der Waals surface area contributed by atoms with E-state index in [0.717, 1.165) is 58.4 Å². The number of piperidine rings is 3. The topological polar surface area (TPSA) is 42.4 Å². The van der Waals surface area contributed by atoms with Crippen molar-refractivity contribution in [2.24, 2.45) is 11.8 Å². The molecule has 5 heterocycles. The van der Waals surface area contributed by atoms with Crippen LogP contribution in [0.15, 0.2) is 85.5 Å². The minimum Gasteiger partial charge on any atom is -0.497 e. The number of rotatable bonds is 2. The first kappa shape index (κ1) is 23.2. The monoisotopic (exact) mass is 513 g/mol. The number of aromatic nitrogens is 1. The van der Waals surface area contributed by atoms with Gasteiger partial charge in [-0.25, -0.2) is 4.98 Å². The molecule has 3 fully saturated rings. The largest absolute Gasteiger partial charge is 0.497 e. The van der Waals surface area contributed by atoms with Gasteiger partial charge >= 0.3 is 0 Å². The fraction of sp³-hybridized carbons (Fsp3) is 0.286. The summed E-state index contributed by atoms with van der Waals surface area (Å²) in [7, 11) is 1.70. The third-order valence-electron chi connectivity index (χ3n) is 10.2. The number of quaternary nitrogens is 1. The van der Waals surface area contributed by atoms with Gasteiger partial charge < -0.3 is 14.3 Å². The Morgan fingerprint density at radius 3 is 2.46 bits per heavy atom. The highest BCUT2D eigenvalue weighted by Crippen LogP contribution is 2.51. The molecule has 5 aromatic rings. The highest BCUT2D eigenvalue weighted by molar-refractivity contribution is 6.15. The summed E-state index contributed by atoms with van der Waals surface area (Å²) in [5.41, 5.74) is 5.40. The lowest BCUT2D eigenvalue weighted by molar-refractivity contribution is -0.984.